The van der Waals surface area contributed by atoms with Crippen molar-refractivity contribution in [1.82, 2.24) is 15.6 Å². The number of alkyl carbamates (subject to hydrolysis) is 1. The molecule has 2 N–H and O–H groups in total. The average Bonchev–Trinajstić information content (AvgIpc) is 3.11. The van der Waals surface area contributed by atoms with Gasteiger partial charge in [0.25, 0.3) is 0 Å². The monoisotopic (exact) mass is 459 g/mol. The molecule has 0 aromatic carbocycles. The predicted octanol–water partition coefficient (Wildman–Crippen LogP) is 4.23. The number of aromatic nitrogens is 1. The van der Waals surface area contributed by atoms with Gasteiger partial charge in [-0.1, -0.05) is 32.9 Å². The summed E-state index contributed by atoms with van der Waals surface area (Å²) in [6, 6.07) is 0.527. The minimum absolute atomic E-state index is 0.118. The maximum absolute atomic E-state index is 13.2. The number of hydrogen-bond acceptors (Lipinski definition) is 7. The normalized spacial score (nSPS) is 13.3. The van der Waals surface area contributed by atoms with E-state index in [1.165, 1.54) is 0 Å². The van der Waals surface area contributed by atoms with Crippen LogP contribution in [0.5, 0.6) is 0 Å². The Bertz CT molecular complexity index is 886. The first-order valence-electron chi connectivity index (χ1n) is 10.9. The van der Waals surface area contributed by atoms with E-state index >= 15 is 0 Å². The van der Waals surface area contributed by atoms with E-state index in [1.807, 2.05) is 26.8 Å². The van der Waals surface area contributed by atoms with Crippen molar-refractivity contribution in [2.45, 2.75) is 72.1 Å². The molecule has 1 aromatic heterocycles. The average molecular weight is 460 g/mol. The first-order chi connectivity index (χ1) is 15.2. The lowest BCUT2D eigenvalue weighted by atomic mass is 9.86. The molecule has 0 spiro atoms. The predicted molar refractivity (Wildman–Crippen MR) is 128 cm³/mol. The zero-order chi connectivity index (χ0) is 25.4. The van der Waals surface area contributed by atoms with Crippen molar-refractivity contribution >= 4 is 17.9 Å². The van der Waals surface area contributed by atoms with E-state index < -0.39 is 35.1 Å². The Morgan fingerprint density at radius 3 is 2.33 bits per heavy atom. The molecule has 0 fully saturated rings. The number of carbonyl (C=O) groups excluding carboxylic acids is 2. The van der Waals surface area contributed by atoms with Crippen molar-refractivity contribution in [3.05, 3.63) is 36.9 Å². The summed E-state index contributed by atoms with van der Waals surface area (Å²) in [6.45, 7) is 18.8. The fourth-order valence-corrected chi connectivity index (χ4v) is 2.95. The molecule has 9 heteroatoms. The van der Waals surface area contributed by atoms with Crippen molar-refractivity contribution in [1.29, 1.82) is 5.26 Å². The number of nitrogens with one attached hydrogen (secondary N) is 2. The van der Waals surface area contributed by atoms with Gasteiger partial charge in [0.1, 0.15) is 23.8 Å². The van der Waals surface area contributed by atoms with Gasteiger partial charge in [0.05, 0.1) is 0 Å². The molecule has 2 atom stereocenters. The number of oxazole rings is 1. The van der Waals surface area contributed by atoms with Crippen LogP contribution in [0.4, 0.5) is 10.7 Å². The summed E-state index contributed by atoms with van der Waals surface area (Å²) in [5, 5.41) is 15.1. The van der Waals surface area contributed by atoms with Gasteiger partial charge in [-0.05, 0) is 39.0 Å². The first kappa shape index (κ1) is 27.8. The second-order valence-corrected chi connectivity index (χ2v) is 9.86. The number of anilines is 1. The number of nitriles is 1. The Morgan fingerprint density at radius 2 is 1.85 bits per heavy atom. The zero-order valence-electron chi connectivity index (χ0n) is 20.8. The quantitative estimate of drug-likeness (QED) is 0.502. The van der Waals surface area contributed by atoms with Crippen LogP contribution in [0.25, 0.3) is 0 Å². The highest BCUT2D eigenvalue weighted by Crippen LogP contribution is 2.35. The minimum atomic E-state index is -0.851. The van der Waals surface area contributed by atoms with Crippen LogP contribution in [0, 0.1) is 16.7 Å². The largest absolute Gasteiger partial charge is 0.444 e. The topological polar surface area (TPSA) is 120 Å². The number of rotatable bonds is 10. The lowest BCUT2D eigenvalue weighted by Gasteiger charge is -2.31. The van der Waals surface area contributed by atoms with Gasteiger partial charge in [-0.3, -0.25) is 4.79 Å². The number of likely N-dealkylation sites (N-methyl/N-ethyl adjacent to an activating group) is 1. The van der Waals surface area contributed by atoms with E-state index in [0.717, 1.165) is 0 Å². The van der Waals surface area contributed by atoms with Crippen LogP contribution in [0.2, 0.25) is 0 Å². The third-order valence-corrected chi connectivity index (χ3v) is 4.55. The van der Waals surface area contributed by atoms with Gasteiger partial charge in [0.2, 0.25) is 23.4 Å². The summed E-state index contributed by atoms with van der Waals surface area (Å²) in [4.78, 5) is 31.5. The van der Waals surface area contributed by atoms with E-state index in [4.69, 9.17) is 9.15 Å². The molecule has 0 saturated carbocycles. The molecule has 0 bridgehead atoms. The molecule has 33 heavy (non-hydrogen) atoms. The molecule has 0 radical (unpaired) electrons. The number of nitrogens with zero attached hydrogens (tertiary/aromatic N) is 3. The van der Waals surface area contributed by atoms with Crippen molar-refractivity contribution in [2.75, 3.05) is 18.5 Å². The third kappa shape index (κ3) is 8.64. The maximum atomic E-state index is 13.2. The standard InChI is InChI=1S/C24H37N5O4/c1-10-12-13-16(27-22(31)33-24(6,7)8)19(30)28-18(23(3,4)5)20-26-17(15-25)21(32-20)29(9)14-11-2/h10-11,16,18H,1-2,12-14H2,3-9H3,(H,27,31)(H,28,30)/t16-,18+/m0/s1. The molecule has 0 aliphatic heterocycles. The van der Waals surface area contributed by atoms with Gasteiger partial charge in [-0.15, -0.1) is 13.2 Å². The fourth-order valence-electron chi connectivity index (χ4n) is 2.95. The van der Waals surface area contributed by atoms with Gasteiger partial charge in [0.15, 0.2) is 0 Å². The van der Waals surface area contributed by atoms with E-state index in [0.29, 0.717) is 25.3 Å². The van der Waals surface area contributed by atoms with Crippen LogP contribution in [0.1, 0.15) is 72.0 Å². The minimum Gasteiger partial charge on any atom is -0.444 e. The molecule has 1 aromatic rings. The molecule has 2 amide bonds. The van der Waals surface area contributed by atoms with Crippen molar-refractivity contribution < 1.29 is 18.7 Å². The Kier molecular flexibility index (Phi) is 9.71. The van der Waals surface area contributed by atoms with Crippen LogP contribution in [0.3, 0.4) is 0 Å². The van der Waals surface area contributed by atoms with E-state index in [-0.39, 0.29) is 11.6 Å². The second-order valence-electron chi connectivity index (χ2n) is 9.86. The Morgan fingerprint density at radius 1 is 1.21 bits per heavy atom. The first-order valence-corrected chi connectivity index (χ1v) is 10.9. The Hall–Kier alpha value is -3.28. The van der Waals surface area contributed by atoms with Crippen LogP contribution < -0.4 is 15.5 Å². The van der Waals surface area contributed by atoms with Crippen LogP contribution in [-0.4, -0.2) is 42.2 Å². The number of ether oxygens (including phenoxy) is 1. The summed E-state index contributed by atoms with van der Waals surface area (Å²) in [7, 11) is 1.76. The third-order valence-electron chi connectivity index (χ3n) is 4.55. The molecule has 1 heterocycles. The summed E-state index contributed by atoms with van der Waals surface area (Å²) in [5.74, 6) is 0.0874. The van der Waals surface area contributed by atoms with E-state index in [2.05, 4.69) is 28.8 Å². The summed E-state index contributed by atoms with van der Waals surface area (Å²) in [6.07, 6.45) is 3.53. The zero-order valence-corrected chi connectivity index (χ0v) is 20.8. The summed E-state index contributed by atoms with van der Waals surface area (Å²) >= 11 is 0. The highest BCUT2D eigenvalue weighted by atomic mass is 16.6. The van der Waals surface area contributed by atoms with Crippen LogP contribution >= 0.6 is 0 Å². The van der Waals surface area contributed by atoms with Gasteiger partial charge in [-0.2, -0.15) is 10.2 Å². The molecule has 0 saturated heterocycles. The van der Waals surface area contributed by atoms with Crippen molar-refractivity contribution in [2.24, 2.45) is 5.41 Å². The second kappa shape index (κ2) is 11.5. The van der Waals surface area contributed by atoms with Crippen molar-refractivity contribution in [3.63, 3.8) is 0 Å². The van der Waals surface area contributed by atoms with Crippen molar-refractivity contribution in [3.8, 4) is 6.07 Å². The number of amides is 2. The molecular weight excluding hydrogens is 422 g/mol. The SMILES string of the molecule is C=CCC[C@H](NC(=O)OC(C)(C)C)C(=O)N[C@H](c1nc(C#N)c(N(C)CC=C)o1)C(C)(C)C. The lowest BCUT2D eigenvalue weighted by molar-refractivity contribution is -0.125. The smallest absolute Gasteiger partial charge is 0.408 e. The van der Waals surface area contributed by atoms with Gasteiger partial charge in [0, 0.05) is 13.6 Å². The Labute approximate surface area is 196 Å². The molecule has 0 unspecified atom stereocenters. The number of carbonyl (C=O) groups is 2. The van der Waals surface area contributed by atoms with Gasteiger partial charge < -0.3 is 24.7 Å². The van der Waals surface area contributed by atoms with Gasteiger partial charge in [-0.25, -0.2) is 4.79 Å². The van der Waals surface area contributed by atoms with Crippen LogP contribution in [-0.2, 0) is 9.53 Å². The molecule has 0 aliphatic carbocycles. The molecule has 1 rings (SSSR count). The molecule has 9 nitrogen and oxygen atoms in total. The number of allylic oxidation sites excluding steroid dienone is 1. The van der Waals surface area contributed by atoms with Gasteiger partial charge >= 0.3 is 6.09 Å². The highest BCUT2D eigenvalue weighted by molar-refractivity contribution is 5.86. The van der Waals surface area contributed by atoms with E-state index in [1.54, 1.807) is 44.9 Å². The molecule has 182 valence electrons. The highest BCUT2D eigenvalue weighted by Gasteiger charge is 2.36. The fraction of sp³-hybridized carbons (Fsp3) is 0.583. The number of hydrogen-bond donors (Lipinski definition) is 2. The summed E-state index contributed by atoms with van der Waals surface area (Å²) in [5.41, 5.74) is -1.08. The van der Waals surface area contributed by atoms with Crippen LogP contribution in [0.15, 0.2) is 29.7 Å². The summed E-state index contributed by atoms with van der Waals surface area (Å²) < 4.78 is 11.2. The molecular formula is C24H37N5O4. The Balaban J connectivity index is 3.21. The molecule has 0 aliphatic rings. The lowest BCUT2D eigenvalue weighted by Crippen LogP contribution is -2.50. The van der Waals surface area contributed by atoms with E-state index in [9.17, 15) is 14.9 Å². The maximum Gasteiger partial charge on any atom is 0.408 e.